The molecule has 0 aromatic rings. The molecule has 2 N–H and O–H groups in total. The molecule has 0 spiro atoms. The number of carbonyl (C=O) groups is 2. The van der Waals surface area contributed by atoms with Crippen LogP contribution in [0.25, 0.3) is 0 Å². The highest BCUT2D eigenvalue weighted by atomic mass is 16.4. The molecule has 0 aromatic carbocycles. The Morgan fingerprint density at radius 2 is 1.28 bits per heavy atom. The fraction of sp³-hybridized carbons (Fsp3) is 0.810. The quantitative estimate of drug-likeness (QED) is 0.248. The van der Waals surface area contributed by atoms with Gasteiger partial charge in [-0.2, -0.15) is 0 Å². The molecule has 0 saturated heterocycles. The molecule has 1 amide bonds. The zero-order valence-corrected chi connectivity index (χ0v) is 16.2. The van der Waals surface area contributed by atoms with Crippen LogP contribution in [0.15, 0.2) is 12.2 Å². The van der Waals surface area contributed by atoms with Crippen LogP contribution >= 0.6 is 0 Å². The molecule has 0 aromatic heterocycles. The number of amides is 1. The summed E-state index contributed by atoms with van der Waals surface area (Å²) < 4.78 is 0. The molecule has 4 heteroatoms. The number of carbonyl (C=O) groups excluding carboxylic acids is 1. The number of hydrogen-bond acceptors (Lipinski definition) is 2. The van der Waals surface area contributed by atoms with Gasteiger partial charge in [0.2, 0.25) is 5.91 Å². The third-order valence-corrected chi connectivity index (χ3v) is 4.33. The topological polar surface area (TPSA) is 66.4 Å². The van der Waals surface area contributed by atoms with Crippen molar-refractivity contribution in [3.8, 4) is 0 Å². The third-order valence-electron chi connectivity index (χ3n) is 4.33. The van der Waals surface area contributed by atoms with Crippen LogP contribution in [0.1, 0.15) is 103 Å². The monoisotopic (exact) mass is 353 g/mol. The average Bonchev–Trinajstić information content (AvgIpc) is 2.58. The second-order valence-electron chi connectivity index (χ2n) is 6.83. The van der Waals surface area contributed by atoms with Crippen LogP contribution in [0.3, 0.4) is 0 Å². The summed E-state index contributed by atoms with van der Waals surface area (Å²) in [7, 11) is 0. The van der Waals surface area contributed by atoms with Crippen LogP contribution in [0.2, 0.25) is 0 Å². The van der Waals surface area contributed by atoms with E-state index in [1.54, 1.807) is 0 Å². The Kier molecular flexibility index (Phi) is 18.0. The lowest BCUT2D eigenvalue weighted by atomic mass is 10.1. The van der Waals surface area contributed by atoms with Crippen molar-refractivity contribution in [1.29, 1.82) is 0 Å². The first kappa shape index (κ1) is 23.7. The fourth-order valence-corrected chi connectivity index (χ4v) is 2.75. The van der Waals surface area contributed by atoms with E-state index in [1.165, 1.54) is 70.6 Å². The van der Waals surface area contributed by atoms with Crippen LogP contribution in [-0.2, 0) is 9.59 Å². The predicted octanol–water partition coefficient (Wildman–Crippen LogP) is 5.61. The maximum absolute atomic E-state index is 11.4. The Balaban J connectivity index is 3.21. The number of aliphatic carboxylic acids is 1. The van der Waals surface area contributed by atoms with E-state index in [0.717, 1.165) is 12.8 Å². The van der Waals surface area contributed by atoms with E-state index >= 15 is 0 Å². The van der Waals surface area contributed by atoms with Gasteiger partial charge in [-0.05, 0) is 32.1 Å². The van der Waals surface area contributed by atoms with Gasteiger partial charge in [0.15, 0.2) is 0 Å². The second kappa shape index (κ2) is 19.0. The molecule has 4 nitrogen and oxygen atoms in total. The summed E-state index contributed by atoms with van der Waals surface area (Å²) in [4.78, 5) is 21.8. The van der Waals surface area contributed by atoms with Gasteiger partial charge in [0.1, 0.15) is 0 Å². The van der Waals surface area contributed by atoms with Crippen LogP contribution in [-0.4, -0.2) is 23.5 Å². The maximum Gasteiger partial charge on any atom is 0.305 e. The second-order valence-corrected chi connectivity index (χ2v) is 6.83. The van der Waals surface area contributed by atoms with E-state index in [0.29, 0.717) is 6.42 Å². The van der Waals surface area contributed by atoms with E-state index in [2.05, 4.69) is 24.4 Å². The van der Waals surface area contributed by atoms with Crippen LogP contribution < -0.4 is 5.32 Å². The molecule has 0 rings (SSSR count). The molecule has 0 bridgehead atoms. The smallest absolute Gasteiger partial charge is 0.305 e. The first-order valence-corrected chi connectivity index (χ1v) is 10.3. The summed E-state index contributed by atoms with van der Waals surface area (Å²) in [6, 6.07) is 0. The zero-order valence-electron chi connectivity index (χ0n) is 16.2. The van der Waals surface area contributed by atoms with E-state index in [4.69, 9.17) is 5.11 Å². The van der Waals surface area contributed by atoms with E-state index in [1.807, 2.05) is 0 Å². The number of carboxylic acids is 1. The van der Waals surface area contributed by atoms with Gasteiger partial charge < -0.3 is 10.4 Å². The molecular weight excluding hydrogens is 314 g/mol. The summed E-state index contributed by atoms with van der Waals surface area (Å²) in [5.74, 6) is -0.903. The molecule has 0 saturated carbocycles. The lowest BCUT2D eigenvalue weighted by molar-refractivity contribution is -0.136. The minimum Gasteiger partial charge on any atom is -0.481 e. The van der Waals surface area contributed by atoms with Gasteiger partial charge in [-0.3, -0.25) is 9.59 Å². The molecule has 0 heterocycles. The van der Waals surface area contributed by atoms with Crippen molar-refractivity contribution in [3.05, 3.63) is 12.2 Å². The largest absolute Gasteiger partial charge is 0.481 e. The highest BCUT2D eigenvalue weighted by Gasteiger charge is 2.02. The SMILES string of the molecule is CCCCCCCC/C=C\CCCCCCCC(=O)NCCC(=O)O. The van der Waals surface area contributed by atoms with Crippen molar-refractivity contribution >= 4 is 11.9 Å². The number of carboxylic acid groups (broad SMARTS) is 1. The lowest BCUT2D eigenvalue weighted by Crippen LogP contribution is -2.25. The van der Waals surface area contributed by atoms with Gasteiger partial charge in [-0.1, -0.05) is 70.4 Å². The summed E-state index contributed by atoms with van der Waals surface area (Å²) >= 11 is 0. The molecule has 0 atom stereocenters. The minimum atomic E-state index is -0.874. The highest BCUT2D eigenvalue weighted by Crippen LogP contribution is 2.09. The predicted molar refractivity (Wildman–Crippen MR) is 105 cm³/mol. The number of hydrogen-bond donors (Lipinski definition) is 2. The Morgan fingerprint density at radius 1 is 0.760 bits per heavy atom. The number of allylic oxidation sites excluding steroid dienone is 2. The number of rotatable bonds is 18. The normalized spacial score (nSPS) is 11.1. The van der Waals surface area contributed by atoms with Gasteiger partial charge in [0.05, 0.1) is 6.42 Å². The lowest BCUT2D eigenvalue weighted by Gasteiger charge is -2.03. The van der Waals surface area contributed by atoms with Crippen molar-refractivity contribution in [2.45, 2.75) is 103 Å². The van der Waals surface area contributed by atoms with Gasteiger partial charge in [-0.15, -0.1) is 0 Å². The molecule has 25 heavy (non-hydrogen) atoms. The van der Waals surface area contributed by atoms with Crippen LogP contribution in [0, 0.1) is 0 Å². The molecule has 0 aliphatic heterocycles. The van der Waals surface area contributed by atoms with Gasteiger partial charge in [-0.25, -0.2) is 0 Å². The van der Waals surface area contributed by atoms with Crippen molar-refractivity contribution < 1.29 is 14.7 Å². The summed E-state index contributed by atoms with van der Waals surface area (Å²) in [6.07, 6.45) is 21.3. The standard InChI is InChI=1S/C21H39NO3/c1-2-3-4-5-6-7-8-9-10-11-12-13-14-15-16-17-20(23)22-19-18-21(24)25/h9-10H,2-8,11-19H2,1H3,(H,22,23)(H,24,25)/b10-9-. The fourth-order valence-electron chi connectivity index (χ4n) is 2.75. The molecule has 0 radical (unpaired) electrons. The Labute approximate surface area is 154 Å². The highest BCUT2D eigenvalue weighted by molar-refractivity contribution is 5.76. The Bertz CT molecular complexity index is 353. The summed E-state index contributed by atoms with van der Waals surface area (Å²) in [6.45, 7) is 2.49. The zero-order chi connectivity index (χ0) is 18.6. The molecule has 0 unspecified atom stereocenters. The Hall–Kier alpha value is -1.32. The number of nitrogens with one attached hydrogen (secondary N) is 1. The van der Waals surface area contributed by atoms with Gasteiger partial charge in [0.25, 0.3) is 0 Å². The van der Waals surface area contributed by atoms with E-state index in [9.17, 15) is 9.59 Å². The molecule has 0 fully saturated rings. The van der Waals surface area contributed by atoms with Gasteiger partial charge in [0, 0.05) is 13.0 Å². The van der Waals surface area contributed by atoms with Gasteiger partial charge >= 0.3 is 5.97 Å². The van der Waals surface area contributed by atoms with Crippen molar-refractivity contribution in [1.82, 2.24) is 5.32 Å². The van der Waals surface area contributed by atoms with Crippen LogP contribution in [0.5, 0.6) is 0 Å². The number of unbranched alkanes of at least 4 members (excludes halogenated alkanes) is 11. The molecular formula is C21H39NO3. The van der Waals surface area contributed by atoms with Crippen LogP contribution in [0.4, 0.5) is 0 Å². The maximum atomic E-state index is 11.4. The third kappa shape index (κ3) is 20.6. The molecule has 0 aliphatic carbocycles. The van der Waals surface area contributed by atoms with Crippen molar-refractivity contribution in [2.24, 2.45) is 0 Å². The minimum absolute atomic E-state index is 0.00187. The Morgan fingerprint density at radius 3 is 1.84 bits per heavy atom. The average molecular weight is 354 g/mol. The van der Waals surface area contributed by atoms with Crippen molar-refractivity contribution in [2.75, 3.05) is 6.54 Å². The molecule has 146 valence electrons. The summed E-state index contributed by atoms with van der Waals surface area (Å²) in [5.41, 5.74) is 0. The molecule has 0 aliphatic rings. The van der Waals surface area contributed by atoms with Crippen molar-refractivity contribution in [3.63, 3.8) is 0 Å². The summed E-state index contributed by atoms with van der Waals surface area (Å²) in [5, 5.41) is 11.1. The van der Waals surface area contributed by atoms with E-state index in [-0.39, 0.29) is 18.9 Å². The van der Waals surface area contributed by atoms with E-state index < -0.39 is 5.97 Å². The first-order chi connectivity index (χ1) is 12.2. The first-order valence-electron chi connectivity index (χ1n) is 10.3.